The van der Waals surface area contributed by atoms with E-state index in [9.17, 15) is 13.2 Å². The Morgan fingerprint density at radius 3 is 2.35 bits per heavy atom. The van der Waals surface area contributed by atoms with Crippen molar-refractivity contribution in [1.29, 1.82) is 0 Å². The van der Waals surface area contributed by atoms with Gasteiger partial charge in [-0.2, -0.15) is 0 Å². The Bertz CT molecular complexity index is 587. The predicted octanol–water partition coefficient (Wildman–Crippen LogP) is 2.13. The number of benzene rings is 1. The van der Waals surface area contributed by atoms with Crippen molar-refractivity contribution in [2.24, 2.45) is 0 Å². The van der Waals surface area contributed by atoms with Gasteiger partial charge in [-0.3, -0.25) is 4.79 Å². The van der Waals surface area contributed by atoms with Crippen LogP contribution < -0.4 is 4.72 Å². The fourth-order valence-corrected chi connectivity index (χ4v) is 3.61. The summed E-state index contributed by atoms with van der Waals surface area (Å²) in [6.07, 6.45) is -0.253. The molecule has 20 heavy (non-hydrogen) atoms. The van der Waals surface area contributed by atoms with E-state index >= 15 is 0 Å². The number of hydrogen-bond donors (Lipinski definition) is 2. The Morgan fingerprint density at radius 2 is 1.85 bits per heavy atom. The molecular formula is C14H21NO4S. The summed E-state index contributed by atoms with van der Waals surface area (Å²) in [6, 6.07) is 6.10. The molecule has 112 valence electrons. The molecule has 1 rings (SSSR count). The maximum atomic E-state index is 12.4. The summed E-state index contributed by atoms with van der Waals surface area (Å²) < 4.78 is 27.2. The first-order chi connectivity index (χ1) is 9.04. The molecule has 0 radical (unpaired) electrons. The van der Waals surface area contributed by atoms with Crippen LogP contribution in [0.25, 0.3) is 0 Å². The van der Waals surface area contributed by atoms with Crippen LogP contribution in [0.3, 0.4) is 0 Å². The van der Waals surface area contributed by atoms with E-state index in [-0.39, 0.29) is 16.7 Å². The number of sulfonamides is 1. The zero-order valence-corrected chi connectivity index (χ0v) is 13.0. The van der Waals surface area contributed by atoms with Gasteiger partial charge >= 0.3 is 5.97 Å². The van der Waals surface area contributed by atoms with Crippen LogP contribution in [0.4, 0.5) is 0 Å². The molecule has 0 aliphatic rings. The minimum absolute atomic E-state index is 0.199. The van der Waals surface area contributed by atoms with Crippen LogP contribution in [0, 0.1) is 0 Å². The van der Waals surface area contributed by atoms with E-state index in [1.165, 1.54) is 13.0 Å². The lowest BCUT2D eigenvalue weighted by Crippen LogP contribution is -2.35. The SMILES string of the molecule is CC(CC(=O)O)NS(=O)(=O)c1ccccc1C(C)(C)C. The molecule has 5 nitrogen and oxygen atoms in total. The number of hydrogen-bond acceptors (Lipinski definition) is 3. The monoisotopic (exact) mass is 299 g/mol. The van der Waals surface area contributed by atoms with Crippen molar-refractivity contribution in [2.75, 3.05) is 0 Å². The summed E-state index contributed by atoms with van der Waals surface area (Å²) in [7, 11) is -3.73. The summed E-state index contributed by atoms with van der Waals surface area (Å²) >= 11 is 0. The lowest BCUT2D eigenvalue weighted by Gasteiger charge is -2.23. The van der Waals surface area contributed by atoms with Crippen molar-refractivity contribution in [2.45, 2.75) is 50.5 Å². The highest BCUT2D eigenvalue weighted by atomic mass is 32.2. The van der Waals surface area contributed by atoms with Gasteiger partial charge in [-0.25, -0.2) is 13.1 Å². The van der Waals surface area contributed by atoms with E-state index < -0.39 is 22.0 Å². The lowest BCUT2D eigenvalue weighted by atomic mass is 9.87. The highest BCUT2D eigenvalue weighted by Crippen LogP contribution is 2.28. The van der Waals surface area contributed by atoms with Gasteiger partial charge in [0.25, 0.3) is 0 Å². The second-order valence-electron chi connectivity index (χ2n) is 5.87. The molecule has 0 saturated carbocycles. The van der Waals surface area contributed by atoms with Crippen molar-refractivity contribution in [3.05, 3.63) is 29.8 Å². The van der Waals surface area contributed by atoms with Crippen LogP contribution in [0.15, 0.2) is 29.2 Å². The number of rotatable bonds is 5. The first-order valence-electron chi connectivity index (χ1n) is 6.37. The van der Waals surface area contributed by atoms with E-state index in [1.54, 1.807) is 18.2 Å². The quantitative estimate of drug-likeness (QED) is 0.872. The summed E-state index contributed by atoms with van der Waals surface area (Å²) in [5.41, 5.74) is 0.386. The average Bonchev–Trinajstić information content (AvgIpc) is 2.25. The van der Waals surface area contributed by atoms with Crippen LogP contribution in [0.2, 0.25) is 0 Å². The Kier molecular flexibility index (Phi) is 4.94. The van der Waals surface area contributed by atoms with Crippen LogP contribution in [-0.2, 0) is 20.2 Å². The predicted molar refractivity (Wildman–Crippen MR) is 77.2 cm³/mol. The normalized spacial score (nSPS) is 14.0. The number of nitrogens with one attached hydrogen (secondary N) is 1. The van der Waals surface area contributed by atoms with Gasteiger partial charge in [0.15, 0.2) is 0 Å². The third-order valence-corrected chi connectivity index (χ3v) is 4.47. The third kappa shape index (κ3) is 4.31. The van der Waals surface area contributed by atoms with Crippen molar-refractivity contribution in [3.63, 3.8) is 0 Å². The topological polar surface area (TPSA) is 83.5 Å². The molecular weight excluding hydrogens is 278 g/mol. The molecule has 0 bridgehead atoms. The van der Waals surface area contributed by atoms with Crippen LogP contribution >= 0.6 is 0 Å². The summed E-state index contributed by atoms with van der Waals surface area (Å²) in [6.45, 7) is 7.33. The third-order valence-electron chi connectivity index (χ3n) is 2.82. The number of carboxylic acids is 1. The molecule has 1 aromatic carbocycles. The van der Waals surface area contributed by atoms with Gasteiger partial charge in [0.05, 0.1) is 11.3 Å². The van der Waals surface area contributed by atoms with Gasteiger partial charge < -0.3 is 5.11 Å². The molecule has 0 spiro atoms. The first kappa shape index (κ1) is 16.7. The van der Waals surface area contributed by atoms with Crippen molar-refractivity contribution < 1.29 is 18.3 Å². The Morgan fingerprint density at radius 1 is 1.30 bits per heavy atom. The zero-order chi connectivity index (χ0) is 15.6. The van der Waals surface area contributed by atoms with Crippen LogP contribution in [0.5, 0.6) is 0 Å². The minimum atomic E-state index is -3.73. The summed E-state index contributed by atoms with van der Waals surface area (Å²) in [5, 5.41) is 8.70. The highest BCUT2D eigenvalue weighted by Gasteiger charge is 2.26. The summed E-state index contributed by atoms with van der Waals surface area (Å²) in [5.74, 6) is -1.04. The van der Waals surface area contributed by atoms with E-state index in [0.29, 0.717) is 5.56 Å². The Labute approximate surface area is 120 Å². The smallest absolute Gasteiger partial charge is 0.304 e. The molecule has 1 unspecified atom stereocenters. The zero-order valence-electron chi connectivity index (χ0n) is 12.2. The van der Waals surface area contributed by atoms with E-state index in [4.69, 9.17) is 5.11 Å². The maximum Gasteiger partial charge on any atom is 0.304 e. The molecule has 2 N–H and O–H groups in total. The standard InChI is InChI=1S/C14H21NO4S/c1-10(9-13(16)17)15-20(18,19)12-8-6-5-7-11(12)14(2,3)4/h5-8,10,15H,9H2,1-4H3,(H,16,17). The molecule has 0 saturated heterocycles. The fourth-order valence-electron chi connectivity index (χ4n) is 1.95. The Balaban J connectivity index is 3.14. The van der Waals surface area contributed by atoms with Gasteiger partial charge in [-0.15, -0.1) is 0 Å². The minimum Gasteiger partial charge on any atom is -0.481 e. The lowest BCUT2D eigenvalue weighted by molar-refractivity contribution is -0.137. The van der Waals surface area contributed by atoms with Gasteiger partial charge in [0.2, 0.25) is 10.0 Å². The molecule has 1 atom stereocenters. The van der Waals surface area contributed by atoms with E-state index in [0.717, 1.165) is 0 Å². The van der Waals surface area contributed by atoms with Crippen LogP contribution in [-0.4, -0.2) is 25.5 Å². The molecule has 6 heteroatoms. The van der Waals surface area contributed by atoms with Gasteiger partial charge in [-0.1, -0.05) is 39.0 Å². The molecule has 0 aliphatic carbocycles. The van der Waals surface area contributed by atoms with Gasteiger partial charge in [0.1, 0.15) is 0 Å². The average molecular weight is 299 g/mol. The van der Waals surface area contributed by atoms with Gasteiger partial charge in [-0.05, 0) is 24.0 Å². The van der Waals surface area contributed by atoms with Crippen molar-refractivity contribution in [1.82, 2.24) is 4.72 Å². The Hall–Kier alpha value is -1.40. The molecule has 0 fully saturated rings. The fraction of sp³-hybridized carbons (Fsp3) is 0.500. The highest BCUT2D eigenvalue weighted by molar-refractivity contribution is 7.89. The van der Waals surface area contributed by atoms with E-state index in [2.05, 4.69) is 4.72 Å². The molecule has 0 aliphatic heterocycles. The summed E-state index contributed by atoms with van der Waals surface area (Å²) in [4.78, 5) is 10.8. The molecule has 0 heterocycles. The number of carbonyl (C=O) groups is 1. The molecule has 0 amide bonds. The first-order valence-corrected chi connectivity index (χ1v) is 7.86. The molecule has 1 aromatic rings. The number of aliphatic carboxylic acids is 1. The largest absolute Gasteiger partial charge is 0.481 e. The van der Waals surface area contributed by atoms with Crippen molar-refractivity contribution in [3.8, 4) is 0 Å². The van der Waals surface area contributed by atoms with Crippen molar-refractivity contribution >= 4 is 16.0 Å². The second-order valence-corrected chi connectivity index (χ2v) is 7.55. The maximum absolute atomic E-state index is 12.4. The second kappa shape index (κ2) is 5.93. The number of carboxylic acid groups (broad SMARTS) is 1. The molecule has 0 aromatic heterocycles. The van der Waals surface area contributed by atoms with Gasteiger partial charge in [0, 0.05) is 6.04 Å². The van der Waals surface area contributed by atoms with E-state index in [1.807, 2.05) is 20.8 Å². The van der Waals surface area contributed by atoms with Crippen LogP contribution in [0.1, 0.15) is 39.7 Å².